The fraction of sp³-hybridized carbons (Fsp3) is 0.750. The standard InChI is InChI=1S/C16H30N4O2S/c1-15(2,3)22-14(21)18-8-12-9-19-20(6)13(12)10-17-11-16(4,5)23-7/h9,17H,8,10-11H2,1-7H3,(H,18,21). The van der Waals surface area contributed by atoms with Crippen molar-refractivity contribution in [1.82, 2.24) is 20.4 Å². The van der Waals surface area contributed by atoms with E-state index in [0.29, 0.717) is 13.1 Å². The Labute approximate surface area is 143 Å². The van der Waals surface area contributed by atoms with E-state index in [2.05, 4.69) is 35.8 Å². The van der Waals surface area contributed by atoms with Gasteiger partial charge in [0.05, 0.1) is 11.9 Å². The molecule has 0 aliphatic heterocycles. The number of hydrogen-bond acceptors (Lipinski definition) is 5. The largest absolute Gasteiger partial charge is 0.444 e. The van der Waals surface area contributed by atoms with Crippen LogP contribution in [0.4, 0.5) is 4.79 Å². The lowest BCUT2D eigenvalue weighted by molar-refractivity contribution is 0.0523. The summed E-state index contributed by atoms with van der Waals surface area (Å²) in [7, 11) is 1.91. The summed E-state index contributed by atoms with van der Waals surface area (Å²) in [6, 6.07) is 0. The minimum atomic E-state index is -0.493. The van der Waals surface area contributed by atoms with Crippen LogP contribution in [0.2, 0.25) is 0 Å². The summed E-state index contributed by atoms with van der Waals surface area (Å²) in [5, 5.41) is 10.5. The molecule has 0 bridgehead atoms. The van der Waals surface area contributed by atoms with Crippen molar-refractivity contribution in [2.75, 3.05) is 12.8 Å². The summed E-state index contributed by atoms with van der Waals surface area (Å²) < 4.78 is 7.28. The van der Waals surface area contributed by atoms with Crippen LogP contribution in [-0.4, -0.2) is 39.0 Å². The minimum absolute atomic E-state index is 0.188. The van der Waals surface area contributed by atoms with Crippen molar-refractivity contribution in [2.45, 2.75) is 58.1 Å². The van der Waals surface area contributed by atoms with Gasteiger partial charge in [0.15, 0.2) is 0 Å². The van der Waals surface area contributed by atoms with Crippen LogP contribution in [0, 0.1) is 0 Å². The molecule has 2 N–H and O–H groups in total. The first-order valence-electron chi connectivity index (χ1n) is 7.76. The average Bonchev–Trinajstić information content (AvgIpc) is 2.76. The fourth-order valence-corrected chi connectivity index (χ4v) is 2.17. The second-order valence-electron chi connectivity index (χ2n) is 7.16. The maximum atomic E-state index is 11.8. The van der Waals surface area contributed by atoms with Crippen LogP contribution in [0.5, 0.6) is 0 Å². The number of aryl methyl sites for hydroxylation is 1. The van der Waals surface area contributed by atoms with Crippen molar-refractivity contribution >= 4 is 17.9 Å². The van der Waals surface area contributed by atoms with Crippen molar-refractivity contribution in [3.63, 3.8) is 0 Å². The number of carbonyl (C=O) groups excluding carboxylic acids is 1. The number of nitrogens with one attached hydrogen (secondary N) is 2. The first-order chi connectivity index (χ1) is 10.5. The maximum absolute atomic E-state index is 11.8. The molecule has 6 nitrogen and oxygen atoms in total. The Bertz CT molecular complexity index is 521. The summed E-state index contributed by atoms with van der Waals surface area (Å²) in [4.78, 5) is 11.8. The molecular formula is C16H30N4O2S. The summed E-state index contributed by atoms with van der Waals surface area (Å²) in [6.45, 7) is 12.0. The van der Waals surface area contributed by atoms with Gasteiger partial charge in [0.1, 0.15) is 5.60 Å². The van der Waals surface area contributed by atoms with E-state index in [1.807, 2.05) is 44.3 Å². The maximum Gasteiger partial charge on any atom is 0.407 e. The van der Waals surface area contributed by atoms with Crippen molar-refractivity contribution in [2.24, 2.45) is 7.05 Å². The Morgan fingerprint density at radius 3 is 2.52 bits per heavy atom. The second-order valence-corrected chi connectivity index (χ2v) is 8.68. The fourth-order valence-electron chi connectivity index (χ4n) is 1.92. The molecule has 1 aromatic rings. The molecule has 0 fully saturated rings. The highest BCUT2D eigenvalue weighted by atomic mass is 32.2. The lowest BCUT2D eigenvalue weighted by atomic mass is 10.2. The lowest BCUT2D eigenvalue weighted by Crippen LogP contribution is -2.33. The Morgan fingerprint density at radius 1 is 1.30 bits per heavy atom. The van der Waals surface area contributed by atoms with E-state index in [0.717, 1.165) is 17.8 Å². The second kappa shape index (κ2) is 8.06. The molecule has 0 spiro atoms. The highest BCUT2D eigenvalue weighted by molar-refractivity contribution is 7.99. The van der Waals surface area contributed by atoms with Gasteiger partial charge in [-0.05, 0) is 40.9 Å². The molecule has 1 aromatic heterocycles. The minimum Gasteiger partial charge on any atom is -0.444 e. The normalized spacial score (nSPS) is 12.3. The zero-order chi connectivity index (χ0) is 17.7. The zero-order valence-corrected chi connectivity index (χ0v) is 16.1. The molecule has 23 heavy (non-hydrogen) atoms. The van der Waals surface area contributed by atoms with Crippen LogP contribution in [0.1, 0.15) is 45.9 Å². The third-order valence-corrected chi connectivity index (χ3v) is 4.62. The molecule has 0 aliphatic rings. The Balaban J connectivity index is 2.56. The van der Waals surface area contributed by atoms with Crippen molar-refractivity contribution in [3.8, 4) is 0 Å². The molecule has 1 amide bonds. The summed E-state index contributed by atoms with van der Waals surface area (Å²) in [5.74, 6) is 0. The summed E-state index contributed by atoms with van der Waals surface area (Å²) >= 11 is 1.83. The van der Waals surface area contributed by atoms with Crippen LogP contribution >= 0.6 is 11.8 Å². The molecule has 1 heterocycles. The van der Waals surface area contributed by atoms with Crippen molar-refractivity contribution in [3.05, 3.63) is 17.5 Å². The van der Waals surface area contributed by atoms with Crippen LogP contribution in [0.25, 0.3) is 0 Å². The van der Waals surface area contributed by atoms with E-state index < -0.39 is 11.7 Å². The third-order valence-electron chi connectivity index (χ3n) is 3.37. The lowest BCUT2D eigenvalue weighted by Gasteiger charge is -2.22. The zero-order valence-electron chi connectivity index (χ0n) is 15.3. The molecule has 1 rings (SSSR count). The van der Waals surface area contributed by atoms with Gasteiger partial charge in [0, 0.05) is 37.0 Å². The van der Waals surface area contributed by atoms with Gasteiger partial charge in [-0.2, -0.15) is 16.9 Å². The van der Waals surface area contributed by atoms with Gasteiger partial charge in [-0.25, -0.2) is 4.79 Å². The number of ether oxygens (including phenoxy) is 1. The molecule has 0 atom stereocenters. The van der Waals surface area contributed by atoms with E-state index >= 15 is 0 Å². The molecule has 0 saturated carbocycles. The number of aromatic nitrogens is 2. The third kappa shape index (κ3) is 7.26. The summed E-state index contributed by atoms with van der Waals surface area (Å²) in [6.07, 6.45) is 3.49. The molecule has 0 aromatic carbocycles. The number of rotatable bonds is 7. The Morgan fingerprint density at radius 2 is 1.96 bits per heavy atom. The number of amides is 1. The van der Waals surface area contributed by atoms with Gasteiger partial charge >= 0.3 is 6.09 Å². The van der Waals surface area contributed by atoms with Crippen molar-refractivity contribution < 1.29 is 9.53 Å². The van der Waals surface area contributed by atoms with Gasteiger partial charge in [0.2, 0.25) is 0 Å². The number of hydrogen-bond donors (Lipinski definition) is 2. The first-order valence-corrected chi connectivity index (χ1v) is 8.99. The average molecular weight is 343 g/mol. The molecule has 0 aliphatic carbocycles. The molecular weight excluding hydrogens is 312 g/mol. The first kappa shape index (κ1) is 19.8. The SMILES string of the molecule is CSC(C)(C)CNCc1c(CNC(=O)OC(C)(C)C)cnn1C. The molecule has 132 valence electrons. The quantitative estimate of drug-likeness (QED) is 0.797. The number of thioether (sulfide) groups is 1. The predicted molar refractivity (Wildman–Crippen MR) is 95.6 cm³/mol. The van der Waals surface area contributed by atoms with E-state index in [-0.39, 0.29) is 4.75 Å². The van der Waals surface area contributed by atoms with E-state index in [4.69, 9.17) is 4.74 Å². The van der Waals surface area contributed by atoms with E-state index in [1.54, 1.807) is 6.20 Å². The van der Waals surface area contributed by atoms with Gasteiger partial charge in [-0.15, -0.1) is 0 Å². The van der Waals surface area contributed by atoms with Crippen molar-refractivity contribution in [1.29, 1.82) is 0 Å². The summed E-state index contributed by atoms with van der Waals surface area (Å²) in [5.41, 5.74) is 1.57. The van der Waals surface area contributed by atoms with Gasteiger partial charge in [0.25, 0.3) is 0 Å². The van der Waals surface area contributed by atoms with Crippen LogP contribution in [0.15, 0.2) is 6.20 Å². The molecule has 0 radical (unpaired) electrons. The highest BCUT2D eigenvalue weighted by Crippen LogP contribution is 2.20. The smallest absolute Gasteiger partial charge is 0.407 e. The van der Waals surface area contributed by atoms with Gasteiger partial charge in [-0.3, -0.25) is 4.68 Å². The number of carbonyl (C=O) groups is 1. The highest BCUT2D eigenvalue weighted by Gasteiger charge is 2.18. The Kier molecular flexibility index (Phi) is 6.95. The van der Waals surface area contributed by atoms with E-state index in [9.17, 15) is 4.79 Å². The predicted octanol–water partition coefficient (Wildman–Crippen LogP) is 2.68. The number of nitrogens with zero attached hydrogens (tertiary/aromatic N) is 2. The van der Waals surface area contributed by atoms with E-state index in [1.165, 1.54) is 0 Å². The van der Waals surface area contributed by atoms with Crippen LogP contribution in [0.3, 0.4) is 0 Å². The number of alkyl carbamates (subject to hydrolysis) is 1. The monoisotopic (exact) mass is 342 g/mol. The van der Waals surface area contributed by atoms with Gasteiger partial charge in [-0.1, -0.05) is 0 Å². The molecule has 7 heteroatoms. The van der Waals surface area contributed by atoms with Crippen LogP contribution < -0.4 is 10.6 Å². The Hall–Kier alpha value is -1.21. The van der Waals surface area contributed by atoms with Crippen LogP contribution in [-0.2, 0) is 24.9 Å². The topological polar surface area (TPSA) is 68.2 Å². The molecule has 0 unspecified atom stereocenters. The van der Waals surface area contributed by atoms with Gasteiger partial charge < -0.3 is 15.4 Å². The molecule has 0 saturated heterocycles.